The van der Waals surface area contributed by atoms with Gasteiger partial charge in [-0.15, -0.1) is 0 Å². The Morgan fingerprint density at radius 3 is 2.58 bits per heavy atom. The van der Waals surface area contributed by atoms with Gasteiger partial charge >= 0.3 is 6.03 Å². The molecule has 2 rings (SSSR count). The number of carbonyl (C=O) groups is 1. The van der Waals surface area contributed by atoms with E-state index in [0.29, 0.717) is 24.6 Å². The molecule has 1 saturated heterocycles. The first kappa shape index (κ1) is 13.6. The van der Waals surface area contributed by atoms with E-state index in [-0.39, 0.29) is 12.1 Å². The number of hydrazine groups is 1. The topological polar surface area (TPSA) is 84.8 Å². The predicted octanol–water partition coefficient (Wildman–Crippen LogP) is 1.18. The number of nitrogen functional groups attached to an aromatic ring is 1. The fraction of sp³-hybridized carbons (Fsp3) is 0.462. The summed E-state index contributed by atoms with van der Waals surface area (Å²) >= 11 is 0. The van der Waals surface area contributed by atoms with Crippen molar-refractivity contribution in [2.45, 2.75) is 18.9 Å². The minimum atomic E-state index is -0.259. The summed E-state index contributed by atoms with van der Waals surface area (Å²) in [5.74, 6) is 5.88. The molecule has 1 aromatic carbocycles. The third-order valence-electron chi connectivity index (χ3n) is 3.44. The smallest absolute Gasteiger partial charge is 0.338 e. The summed E-state index contributed by atoms with van der Waals surface area (Å²) in [6.07, 6.45) is 1.67. The van der Waals surface area contributed by atoms with Crippen LogP contribution in [0, 0.1) is 0 Å². The van der Waals surface area contributed by atoms with Gasteiger partial charge in [0, 0.05) is 26.3 Å². The second kappa shape index (κ2) is 5.90. The molecule has 0 aromatic heterocycles. The van der Waals surface area contributed by atoms with E-state index >= 15 is 0 Å². The maximum Gasteiger partial charge on any atom is 0.338 e. The standard InChI is InChI=1S/C13H20N4O2/c1-16(10-6-8-19-9-7-10)13(18)17(15)12-5-3-2-4-11(12)14/h2-5,10H,6-9,14-15H2,1H3. The lowest BCUT2D eigenvalue weighted by Gasteiger charge is -2.33. The van der Waals surface area contributed by atoms with Crippen LogP contribution in [0.4, 0.5) is 16.2 Å². The van der Waals surface area contributed by atoms with Gasteiger partial charge in [-0.05, 0) is 25.0 Å². The van der Waals surface area contributed by atoms with Crippen molar-refractivity contribution in [3.05, 3.63) is 24.3 Å². The number of rotatable bonds is 2. The van der Waals surface area contributed by atoms with Gasteiger partial charge in [0.05, 0.1) is 11.4 Å². The molecule has 1 fully saturated rings. The predicted molar refractivity (Wildman–Crippen MR) is 74.5 cm³/mol. The van der Waals surface area contributed by atoms with E-state index in [1.165, 1.54) is 0 Å². The first-order valence-electron chi connectivity index (χ1n) is 6.35. The van der Waals surface area contributed by atoms with Crippen molar-refractivity contribution in [2.75, 3.05) is 31.0 Å². The minimum Gasteiger partial charge on any atom is -0.397 e. The van der Waals surface area contributed by atoms with Gasteiger partial charge in [0.2, 0.25) is 0 Å². The second-order valence-electron chi connectivity index (χ2n) is 4.67. The molecule has 6 nitrogen and oxygen atoms in total. The number of nitrogens with zero attached hydrogens (tertiary/aromatic N) is 2. The molecule has 6 heteroatoms. The molecule has 1 aromatic rings. The van der Waals surface area contributed by atoms with Crippen LogP contribution in [-0.2, 0) is 4.74 Å². The maximum absolute atomic E-state index is 12.3. The molecule has 104 valence electrons. The first-order chi connectivity index (χ1) is 9.11. The number of benzene rings is 1. The monoisotopic (exact) mass is 264 g/mol. The van der Waals surface area contributed by atoms with Crippen LogP contribution in [0.3, 0.4) is 0 Å². The number of hydrogen-bond donors (Lipinski definition) is 2. The Morgan fingerprint density at radius 1 is 1.32 bits per heavy atom. The lowest BCUT2D eigenvalue weighted by atomic mass is 10.1. The summed E-state index contributed by atoms with van der Waals surface area (Å²) in [6.45, 7) is 1.36. The number of ether oxygens (including phenoxy) is 1. The lowest BCUT2D eigenvalue weighted by molar-refractivity contribution is 0.0535. The zero-order chi connectivity index (χ0) is 13.8. The minimum absolute atomic E-state index is 0.164. The number of nitrogens with two attached hydrogens (primary N) is 2. The number of anilines is 2. The van der Waals surface area contributed by atoms with Gasteiger partial charge in [0.25, 0.3) is 0 Å². The molecule has 0 saturated carbocycles. The van der Waals surface area contributed by atoms with E-state index in [1.807, 2.05) is 0 Å². The summed E-state index contributed by atoms with van der Waals surface area (Å²) in [5, 5.41) is 1.10. The van der Waals surface area contributed by atoms with E-state index in [4.69, 9.17) is 16.3 Å². The summed E-state index contributed by atoms with van der Waals surface area (Å²) in [6, 6.07) is 6.95. The first-order valence-corrected chi connectivity index (χ1v) is 6.35. The van der Waals surface area contributed by atoms with Gasteiger partial charge < -0.3 is 15.4 Å². The number of para-hydroxylation sites is 2. The van der Waals surface area contributed by atoms with Crippen molar-refractivity contribution in [1.29, 1.82) is 0 Å². The van der Waals surface area contributed by atoms with Crippen LogP contribution in [0.5, 0.6) is 0 Å². The molecule has 0 unspecified atom stereocenters. The molecular weight excluding hydrogens is 244 g/mol. The van der Waals surface area contributed by atoms with E-state index in [0.717, 1.165) is 17.9 Å². The van der Waals surface area contributed by atoms with Crippen LogP contribution in [-0.4, -0.2) is 37.2 Å². The van der Waals surface area contributed by atoms with Gasteiger partial charge in [-0.3, -0.25) is 0 Å². The van der Waals surface area contributed by atoms with E-state index in [2.05, 4.69) is 0 Å². The van der Waals surface area contributed by atoms with E-state index < -0.39 is 0 Å². The van der Waals surface area contributed by atoms with Gasteiger partial charge in [-0.1, -0.05) is 12.1 Å². The molecular formula is C13H20N4O2. The number of carbonyl (C=O) groups excluding carboxylic acids is 1. The van der Waals surface area contributed by atoms with Crippen LogP contribution in [0.1, 0.15) is 12.8 Å². The second-order valence-corrected chi connectivity index (χ2v) is 4.67. The van der Waals surface area contributed by atoms with Crippen LogP contribution in [0.15, 0.2) is 24.3 Å². The zero-order valence-electron chi connectivity index (χ0n) is 11.1. The molecule has 0 aliphatic carbocycles. The van der Waals surface area contributed by atoms with Crippen molar-refractivity contribution in [1.82, 2.24) is 4.90 Å². The molecule has 19 heavy (non-hydrogen) atoms. The van der Waals surface area contributed by atoms with Gasteiger partial charge in [0.1, 0.15) is 0 Å². The average molecular weight is 264 g/mol. The Labute approximate surface area is 112 Å². The normalized spacial score (nSPS) is 16.1. The SMILES string of the molecule is CN(C(=O)N(N)c1ccccc1N)C1CCOCC1. The Hall–Kier alpha value is -1.79. The third kappa shape index (κ3) is 2.97. The van der Waals surface area contributed by atoms with Crippen molar-refractivity contribution in [2.24, 2.45) is 5.84 Å². The number of hydrogen-bond acceptors (Lipinski definition) is 4. The van der Waals surface area contributed by atoms with Crippen LogP contribution < -0.4 is 16.6 Å². The molecule has 1 aliphatic rings. The average Bonchev–Trinajstić information content (AvgIpc) is 2.46. The molecule has 0 atom stereocenters. The van der Waals surface area contributed by atoms with E-state index in [1.54, 1.807) is 36.2 Å². The molecule has 1 heterocycles. The molecule has 4 N–H and O–H groups in total. The quantitative estimate of drug-likeness (QED) is 0.363. The highest BCUT2D eigenvalue weighted by molar-refractivity contribution is 5.94. The molecule has 0 spiro atoms. The Morgan fingerprint density at radius 2 is 1.95 bits per heavy atom. The van der Waals surface area contributed by atoms with Gasteiger partial charge in [-0.2, -0.15) is 0 Å². The van der Waals surface area contributed by atoms with Crippen LogP contribution in [0.2, 0.25) is 0 Å². The van der Waals surface area contributed by atoms with Crippen LogP contribution >= 0.6 is 0 Å². The molecule has 2 amide bonds. The fourth-order valence-corrected chi connectivity index (χ4v) is 2.21. The molecule has 1 aliphatic heterocycles. The number of urea groups is 1. The van der Waals surface area contributed by atoms with Crippen molar-refractivity contribution in [3.63, 3.8) is 0 Å². The maximum atomic E-state index is 12.3. The van der Waals surface area contributed by atoms with Crippen LogP contribution in [0.25, 0.3) is 0 Å². The molecule has 0 radical (unpaired) electrons. The summed E-state index contributed by atoms with van der Waals surface area (Å²) in [4.78, 5) is 14.0. The molecule has 0 bridgehead atoms. The zero-order valence-corrected chi connectivity index (χ0v) is 11.1. The Balaban J connectivity index is 2.08. The van der Waals surface area contributed by atoms with Gasteiger partial charge in [0.15, 0.2) is 0 Å². The summed E-state index contributed by atoms with van der Waals surface area (Å²) < 4.78 is 5.29. The van der Waals surface area contributed by atoms with E-state index in [9.17, 15) is 4.79 Å². The van der Waals surface area contributed by atoms with Gasteiger partial charge in [-0.25, -0.2) is 15.6 Å². The summed E-state index contributed by atoms with van der Waals surface area (Å²) in [5.41, 5.74) is 6.83. The van der Waals surface area contributed by atoms with Crippen molar-refractivity contribution < 1.29 is 9.53 Å². The van der Waals surface area contributed by atoms with Crippen molar-refractivity contribution in [3.8, 4) is 0 Å². The van der Waals surface area contributed by atoms with Crippen molar-refractivity contribution >= 4 is 17.4 Å². The number of amides is 2. The Kier molecular flexibility index (Phi) is 4.24. The largest absolute Gasteiger partial charge is 0.397 e. The lowest BCUT2D eigenvalue weighted by Crippen LogP contribution is -2.51. The Bertz CT molecular complexity index is 446. The highest BCUT2D eigenvalue weighted by atomic mass is 16.5. The highest BCUT2D eigenvalue weighted by Crippen LogP contribution is 2.22. The summed E-state index contributed by atoms with van der Waals surface area (Å²) in [7, 11) is 1.76. The highest BCUT2D eigenvalue weighted by Gasteiger charge is 2.26. The fourth-order valence-electron chi connectivity index (χ4n) is 2.21. The third-order valence-corrected chi connectivity index (χ3v) is 3.44.